The fourth-order valence-corrected chi connectivity index (χ4v) is 4.81. The number of hydrogen-bond donors (Lipinski definition) is 3. The molecule has 1 aromatic carbocycles. The molecule has 0 aliphatic carbocycles. The third-order valence-corrected chi connectivity index (χ3v) is 6.18. The fourth-order valence-electron chi connectivity index (χ4n) is 3.38. The summed E-state index contributed by atoms with van der Waals surface area (Å²) in [6.07, 6.45) is 0. The van der Waals surface area contributed by atoms with Crippen LogP contribution in [0.5, 0.6) is 0 Å². The molecule has 0 aliphatic heterocycles. The zero-order valence-corrected chi connectivity index (χ0v) is 18.5. The largest absolute Gasteiger partial charge is 0.462 e. The van der Waals surface area contributed by atoms with Gasteiger partial charge in [-0.15, -0.1) is 0 Å². The second-order valence-electron chi connectivity index (χ2n) is 7.00. The van der Waals surface area contributed by atoms with Gasteiger partial charge in [-0.05, 0) is 39.8 Å². The second kappa shape index (κ2) is 8.86. The van der Waals surface area contributed by atoms with E-state index in [2.05, 4.69) is 20.0 Å². The molecule has 3 rings (SSSR count). The van der Waals surface area contributed by atoms with Crippen molar-refractivity contribution in [3.63, 3.8) is 0 Å². The summed E-state index contributed by atoms with van der Waals surface area (Å²) in [5.41, 5.74) is 2.56. The number of esters is 1. The quantitative estimate of drug-likeness (QED) is 0.480. The maximum absolute atomic E-state index is 12.9. The van der Waals surface area contributed by atoms with Gasteiger partial charge >= 0.3 is 5.97 Å². The van der Waals surface area contributed by atoms with Crippen molar-refractivity contribution in [2.24, 2.45) is 0 Å². The number of aryl methyl sites for hydroxylation is 3. The van der Waals surface area contributed by atoms with Gasteiger partial charge in [0.1, 0.15) is 10.5 Å². The van der Waals surface area contributed by atoms with Crippen LogP contribution in [0.3, 0.4) is 0 Å². The zero-order chi connectivity index (χ0) is 22.8. The molecule has 2 aromatic heterocycles. The number of rotatable bonds is 7. The van der Waals surface area contributed by atoms with Gasteiger partial charge in [-0.2, -0.15) is 0 Å². The van der Waals surface area contributed by atoms with Gasteiger partial charge in [0.15, 0.2) is 0 Å². The summed E-state index contributed by atoms with van der Waals surface area (Å²) in [4.78, 5) is 31.8. The second-order valence-corrected chi connectivity index (χ2v) is 8.70. The Kier molecular flexibility index (Phi) is 6.42. The van der Waals surface area contributed by atoms with E-state index in [0.717, 1.165) is 10.9 Å². The van der Waals surface area contributed by atoms with Crippen LogP contribution in [0.4, 0.5) is 5.69 Å². The minimum absolute atomic E-state index is 0.0667. The number of H-pyrrole nitrogens is 1. The number of para-hydroxylation sites is 1. The lowest BCUT2D eigenvalue weighted by Gasteiger charge is -2.11. The molecule has 2 heterocycles. The predicted molar refractivity (Wildman–Crippen MR) is 117 cm³/mol. The van der Waals surface area contributed by atoms with Crippen LogP contribution in [-0.2, 0) is 19.6 Å². The average Bonchev–Trinajstić information content (AvgIpc) is 3.01. The van der Waals surface area contributed by atoms with Crippen LogP contribution < -0.4 is 10.0 Å². The Morgan fingerprint density at radius 3 is 2.55 bits per heavy atom. The Labute approximate surface area is 180 Å². The average molecular weight is 445 g/mol. The summed E-state index contributed by atoms with van der Waals surface area (Å²) in [5.74, 6) is -1.30. The number of ether oxygens (including phenoxy) is 1. The molecule has 0 unspecified atom stereocenters. The molecule has 0 saturated heterocycles. The number of amides is 1. The SMILES string of the molecule is CCOC(=O)c1c(C)[nH]c(C)c1S(=O)(=O)NCC(=O)Nc1cc(C)nc2ccccc12. The van der Waals surface area contributed by atoms with Crippen LogP contribution in [0, 0.1) is 20.8 Å². The number of anilines is 1. The highest BCUT2D eigenvalue weighted by atomic mass is 32.2. The number of aromatic nitrogens is 2. The molecule has 0 saturated carbocycles. The molecule has 0 bridgehead atoms. The molecular formula is C21H24N4O5S. The monoisotopic (exact) mass is 444 g/mol. The van der Waals surface area contributed by atoms with E-state index >= 15 is 0 Å². The molecule has 0 atom stereocenters. The van der Waals surface area contributed by atoms with E-state index in [1.807, 2.05) is 24.3 Å². The van der Waals surface area contributed by atoms with Crippen LogP contribution in [-0.4, -0.2) is 43.4 Å². The molecule has 31 heavy (non-hydrogen) atoms. The smallest absolute Gasteiger partial charge is 0.341 e. The number of nitrogens with zero attached hydrogens (tertiary/aromatic N) is 1. The Balaban J connectivity index is 1.81. The number of nitrogens with one attached hydrogen (secondary N) is 3. The van der Waals surface area contributed by atoms with Gasteiger partial charge in [0.05, 0.1) is 24.4 Å². The third kappa shape index (κ3) is 4.75. The van der Waals surface area contributed by atoms with Crippen LogP contribution in [0.1, 0.15) is 34.4 Å². The summed E-state index contributed by atoms with van der Waals surface area (Å²) in [5, 5.41) is 3.46. The van der Waals surface area contributed by atoms with Crippen molar-refractivity contribution in [2.75, 3.05) is 18.5 Å². The summed E-state index contributed by atoms with van der Waals surface area (Å²) in [6, 6.07) is 9.03. The number of sulfonamides is 1. The number of aromatic amines is 1. The van der Waals surface area contributed by atoms with Gasteiger partial charge < -0.3 is 15.0 Å². The molecule has 0 aliphatic rings. The van der Waals surface area contributed by atoms with E-state index in [0.29, 0.717) is 17.1 Å². The first kappa shape index (κ1) is 22.4. The fraction of sp³-hybridized carbons (Fsp3) is 0.286. The van der Waals surface area contributed by atoms with Crippen LogP contribution in [0.15, 0.2) is 35.2 Å². The standard InChI is InChI=1S/C21H24N4O5S/c1-5-30-21(27)19-13(3)24-14(4)20(19)31(28,29)22-11-18(26)25-17-10-12(2)23-16-9-7-6-8-15(16)17/h6-10,22,24H,5,11H2,1-4H3,(H,23,25,26). The highest BCUT2D eigenvalue weighted by molar-refractivity contribution is 7.89. The normalized spacial score (nSPS) is 11.5. The molecule has 0 radical (unpaired) electrons. The van der Waals surface area contributed by atoms with E-state index < -0.39 is 28.4 Å². The van der Waals surface area contributed by atoms with Gasteiger partial charge in [0.2, 0.25) is 15.9 Å². The highest BCUT2D eigenvalue weighted by Crippen LogP contribution is 2.25. The lowest BCUT2D eigenvalue weighted by molar-refractivity contribution is -0.115. The van der Waals surface area contributed by atoms with Crippen molar-refractivity contribution in [1.82, 2.24) is 14.7 Å². The molecule has 164 valence electrons. The number of carbonyl (C=O) groups is 2. The number of pyridine rings is 1. The molecule has 10 heteroatoms. The minimum atomic E-state index is -4.16. The van der Waals surface area contributed by atoms with Crippen LogP contribution in [0.2, 0.25) is 0 Å². The first-order valence-electron chi connectivity index (χ1n) is 9.66. The van der Waals surface area contributed by atoms with Gasteiger partial charge in [-0.3, -0.25) is 9.78 Å². The van der Waals surface area contributed by atoms with Crippen molar-refractivity contribution < 1.29 is 22.7 Å². The van der Waals surface area contributed by atoms with E-state index in [-0.39, 0.29) is 22.8 Å². The Bertz CT molecular complexity index is 1260. The van der Waals surface area contributed by atoms with Gasteiger partial charge in [0.25, 0.3) is 0 Å². The Hall–Kier alpha value is -3.24. The van der Waals surface area contributed by atoms with E-state index in [9.17, 15) is 18.0 Å². The molecule has 9 nitrogen and oxygen atoms in total. The molecule has 3 N–H and O–H groups in total. The lowest BCUT2D eigenvalue weighted by Crippen LogP contribution is -2.34. The van der Waals surface area contributed by atoms with E-state index in [4.69, 9.17) is 4.74 Å². The molecule has 0 fully saturated rings. The number of benzene rings is 1. The first-order valence-corrected chi connectivity index (χ1v) is 11.1. The summed E-state index contributed by atoms with van der Waals surface area (Å²) in [6.45, 7) is 6.16. The van der Waals surface area contributed by atoms with Crippen molar-refractivity contribution >= 4 is 38.5 Å². The van der Waals surface area contributed by atoms with Crippen LogP contribution in [0.25, 0.3) is 10.9 Å². The van der Waals surface area contributed by atoms with E-state index in [1.165, 1.54) is 6.92 Å². The predicted octanol–water partition coefficient (Wildman–Crippen LogP) is 2.58. The molecular weight excluding hydrogens is 420 g/mol. The number of hydrogen-bond acceptors (Lipinski definition) is 6. The molecule has 1 amide bonds. The van der Waals surface area contributed by atoms with Crippen molar-refractivity contribution in [3.05, 3.63) is 53.0 Å². The zero-order valence-electron chi connectivity index (χ0n) is 17.7. The first-order chi connectivity index (χ1) is 14.6. The summed E-state index contributed by atoms with van der Waals surface area (Å²) >= 11 is 0. The molecule has 3 aromatic rings. The Morgan fingerprint density at radius 1 is 1.13 bits per heavy atom. The highest BCUT2D eigenvalue weighted by Gasteiger charge is 2.30. The third-order valence-electron chi connectivity index (χ3n) is 4.61. The van der Waals surface area contributed by atoms with Gasteiger partial charge in [0, 0.05) is 22.5 Å². The lowest BCUT2D eigenvalue weighted by atomic mass is 10.1. The number of carbonyl (C=O) groups excluding carboxylic acids is 2. The number of fused-ring (bicyclic) bond motifs is 1. The van der Waals surface area contributed by atoms with Crippen molar-refractivity contribution in [2.45, 2.75) is 32.6 Å². The maximum atomic E-state index is 12.9. The van der Waals surface area contributed by atoms with Crippen LogP contribution >= 0.6 is 0 Å². The topological polar surface area (TPSA) is 130 Å². The minimum Gasteiger partial charge on any atom is -0.462 e. The van der Waals surface area contributed by atoms with Gasteiger partial charge in [-0.25, -0.2) is 17.9 Å². The summed E-state index contributed by atoms with van der Waals surface area (Å²) < 4.78 is 33.0. The Morgan fingerprint density at radius 2 is 1.84 bits per heavy atom. The molecule has 0 spiro atoms. The van der Waals surface area contributed by atoms with Gasteiger partial charge in [-0.1, -0.05) is 18.2 Å². The van der Waals surface area contributed by atoms with Crippen molar-refractivity contribution in [1.29, 1.82) is 0 Å². The van der Waals surface area contributed by atoms with E-state index in [1.54, 1.807) is 26.8 Å². The maximum Gasteiger partial charge on any atom is 0.341 e. The van der Waals surface area contributed by atoms with Crippen molar-refractivity contribution in [3.8, 4) is 0 Å². The summed E-state index contributed by atoms with van der Waals surface area (Å²) in [7, 11) is -4.16.